The molecule has 0 saturated carbocycles. The van der Waals surface area contributed by atoms with Crippen LogP contribution in [0.4, 0.5) is 0 Å². The summed E-state index contributed by atoms with van der Waals surface area (Å²) in [4.78, 5) is 0.269. The maximum Gasteiger partial charge on any atom is 0.258 e. The second-order valence-corrected chi connectivity index (χ2v) is 17.3. The van der Waals surface area contributed by atoms with Crippen LogP contribution in [0, 0.1) is 0 Å². The Kier molecular flexibility index (Phi) is 8.05. The molecule has 8 heteroatoms. The lowest BCUT2D eigenvalue weighted by molar-refractivity contribution is 0.370. The molecule has 0 saturated heterocycles. The second-order valence-electron chi connectivity index (χ2n) is 9.96. The van der Waals surface area contributed by atoms with Crippen LogP contribution in [0.2, 0.25) is 16.6 Å². The average Bonchev–Trinajstić information content (AvgIpc) is 2.80. The van der Waals surface area contributed by atoms with Gasteiger partial charge in [-0.3, -0.25) is 0 Å². The highest BCUT2D eigenvalue weighted by Crippen LogP contribution is 2.45. The lowest BCUT2D eigenvalue weighted by Crippen LogP contribution is -2.50. The van der Waals surface area contributed by atoms with Crippen LogP contribution in [0.5, 0.6) is 17.2 Å². The lowest BCUT2D eigenvalue weighted by Gasteiger charge is -2.42. The maximum atomic E-state index is 13.3. The van der Waals surface area contributed by atoms with Crippen LogP contribution in [-0.2, 0) is 23.0 Å². The Morgan fingerprint density at radius 2 is 1.38 bits per heavy atom. The molecule has 0 fully saturated rings. The van der Waals surface area contributed by atoms with E-state index in [9.17, 15) is 8.42 Å². The van der Waals surface area contributed by atoms with E-state index in [4.69, 9.17) is 13.9 Å². The summed E-state index contributed by atoms with van der Waals surface area (Å²) in [5.74, 6) is 2.08. The Morgan fingerprint density at radius 3 is 1.88 bits per heavy atom. The molecule has 0 aliphatic carbocycles. The summed E-state index contributed by atoms with van der Waals surface area (Å²) < 4.78 is 45.9. The van der Waals surface area contributed by atoms with Crippen molar-refractivity contribution in [1.29, 1.82) is 0 Å². The Bertz CT molecular complexity index is 1080. The van der Waals surface area contributed by atoms with E-state index in [1.807, 2.05) is 6.07 Å². The molecule has 0 unspecified atom stereocenters. The molecule has 0 atom stereocenters. The van der Waals surface area contributed by atoms with Crippen LogP contribution in [0.15, 0.2) is 41.3 Å². The first-order chi connectivity index (χ1) is 16.0. The Hall–Kier alpha value is -2.03. The highest BCUT2D eigenvalue weighted by atomic mass is 32.2. The molecule has 0 N–H and O–H groups in total. The van der Waals surface area contributed by atoms with Gasteiger partial charge in [0.2, 0.25) is 10.0 Å². The number of hydrogen-bond acceptors (Lipinski definition) is 5. The first-order valence-corrected chi connectivity index (χ1v) is 15.6. The van der Waals surface area contributed by atoms with Crippen LogP contribution in [0.1, 0.15) is 52.7 Å². The van der Waals surface area contributed by atoms with E-state index in [0.29, 0.717) is 47.6 Å². The zero-order valence-electron chi connectivity index (χ0n) is 21.7. The summed E-state index contributed by atoms with van der Waals surface area (Å²) in [6.45, 7) is 14.3. The SMILES string of the molecule is COc1ccc(S(=O)(=O)N2CCc3cc(O[Si](C(C)C)(C(C)C)C(C)C)c(OC)cc3C2)cc1. The van der Waals surface area contributed by atoms with Crippen LogP contribution < -0.4 is 13.9 Å². The van der Waals surface area contributed by atoms with Crippen molar-refractivity contribution in [1.82, 2.24) is 4.31 Å². The van der Waals surface area contributed by atoms with Crippen molar-refractivity contribution in [2.75, 3.05) is 20.8 Å². The van der Waals surface area contributed by atoms with Gasteiger partial charge in [-0.2, -0.15) is 4.31 Å². The Balaban J connectivity index is 1.94. The van der Waals surface area contributed by atoms with E-state index in [1.54, 1.807) is 38.5 Å². The summed E-state index contributed by atoms with van der Waals surface area (Å²) in [5.41, 5.74) is 3.41. The van der Waals surface area contributed by atoms with Crippen molar-refractivity contribution in [3.05, 3.63) is 47.5 Å². The van der Waals surface area contributed by atoms with E-state index in [0.717, 1.165) is 16.9 Å². The monoisotopic (exact) mass is 505 g/mol. The van der Waals surface area contributed by atoms with Gasteiger partial charge in [0.05, 0.1) is 19.1 Å². The quantitative estimate of drug-likeness (QED) is 0.391. The standard InChI is InChI=1S/C26H39NO5SSi/c1-18(2)34(19(3)4,20(5)6)32-26-15-21-13-14-27(17-22(21)16-25(26)31-8)33(28,29)24-11-9-23(30-7)10-12-24/h9-12,15-16,18-20H,13-14,17H2,1-8H3. The molecule has 188 valence electrons. The number of sulfonamides is 1. The number of benzene rings is 2. The van der Waals surface area contributed by atoms with Crippen molar-refractivity contribution in [3.63, 3.8) is 0 Å². The van der Waals surface area contributed by atoms with Gasteiger partial charge < -0.3 is 13.9 Å². The van der Waals surface area contributed by atoms with Gasteiger partial charge in [0.1, 0.15) is 11.5 Å². The fourth-order valence-corrected chi connectivity index (χ4v) is 12.1. The molecule has 1 aliphatic heterocycles. The molecule has 3 rings (SSSR count). The van der Waals surface area contributed by atoms with Crippen molar-refractivity contribution in [2.45, 2.75) is 76.0 Å². The number of methoxy groups -OCH3 is 2. The lowest BCUT2D eigenvalue weighted by atomic mass is 10.0. The third kappa shape index (κ3) is 4.85. The van der Waals surface area contributed by atoms with E-state index in [-0.39, 0.29) is 4.90 Å². The average molecular weight is 506 g/mol. The van der Waals surface area contributed by atoms with E-state index in [1.165, 1.54) is 4.31 Å². The summed E-state index contributed by atoms with van der Waals surface area (Å²) in [5, 5.41) is 0. The van der Waals surface area contributed by atoms with E-state index < -0.39 is 18.3 Å². The number of nitrogens with zero attached hydrogens (tertiary/aromatic N) is 1. The van der Waals surface area contributed by atoms with Crippen LogP contribution >= 0.6 is 0 Å². The van der Waals surface area contributed by atoms with Gasteiger partial charge in [0.15, 0.2) is 5.75 Å². The Labute approximate surface area is 206 Å². The number of fused-ring (bicyclic) bond motifs is 1. The zero-order chi connectivity index (χ0) is 25.3. The van der Waals surface area contributed by atoms with Crippen LogP contribution in [0.25, 0.3) is 0 Å². The molecule has 2 aromatic carbocycles. The summed E-state index contributed by atoms with van der Waals surface area (Å²) in [7, 11) is -2.56. The minimum Gasteiger partial charge on any atom is -0.540 e. The fraction of sp³-hybridized carbons (Fsp3) is 0.538. The van der Waals surface area contributed by atoms with Crippen molar-refractivity contribution < 1.29 is 22.3 Å². The predicted octanol–water partition coefficient (Wildman–Crippen LogP) is 6.01. The topological polar surface area (TPSA) is 65.1 Å². The van der Waals surface area contributed by atoms with Gasteiger partial charge in [-0.05, 0) is 70.6 Å². The smallest absolute Gasteiger partial charge is 0.258 e. The summed E-state index contributed by atoms with van der Waals surface area (Å²) in [6.07, 6.45) is 0.630. The van der Waals surface area contributed by atoms with Crippen molar-refractivity contribution in [3.8, 4) is 17.2 Å². The summed E-state index contributed by atoms with van der Waals surface area (Å²) >= 11 is 0. The third-order valence-corrected chi connectivity index (χ3v) is 15.0. The van der Waals surface area contributed by atoms with Gasteiger partial charge in [0, 0.05) is 13.1 Å². The molecular weight excluding hydrogens is 466 g/mol. The van der Waals surface area contributed by atoms with Gasteiger partial charge in [-0.25, -0.2) is 8.42 Å². The fourth-order valence-electron chi connectivity index (χ4n) is 5.42. The second kappa shape index (κ2) is 10.3. The van der Waals surface area contributed by atoms with Crippen LogP contribution in [-0.4, -0.2) is 41.8 Å². The van der Waals surface area contributed by atoms with Gasteiger partial charge >= 0.3 is 0 Å². The Morgan fingerprint density at radius 1 is 0.824 bits per heavy atom. The molecule has 6 nitrogen and oxygen atoms in total. The normalized spacial score (nSPS) is 15.0. The van der Waals surface area contributed by atoms with E-state index in [2.05, 4.69) is 47.6 Å². The van der Waals surface area contributed by atoms with Crippen molar-refractivity contribution >= 4 is 18.3 Å². The highest BCUT2D eigenvalue weighted by molar-refractivity contribution is 7.89. The predicted molar refractivity (Wildman–Crippen MR) is 139 cm³/mol. The molecule has 0 bridgehead atoms. The number of ether oxygens (including phenoxy) is 2. The summed E-state index contributed by atoms with van der Waals surface area (Å²) in [6, 6.07) is 10.6. The molecule has 0 aromatic heterocycles. The molecule has 1 heterocycles. The molecule has 0 amide bonds. The first-order valence-electron chi connectivity index (χ1n) is 12.0. The maximum absolute atomic E-state index is 13.3. The van der Waals surface area contributed by atoms with E-state index >= 15 is 0 Å². The first kappa shape index (κ1) is 26.6. The highest BCUT2D eigenvalue weighted by Gasteiger charge is 2.47. The number of hydrogen-bond donors (Lipinski definition) is 0. The molecule has 34 heavy (non-hydrogen) atoms. The third-order valence-electron chi connectivity index (χ3n) is 7.15. The van der Waals surface area contributed by atoms with Crippen molar-refractivity contribution in [2.24, 2.45) is 0 Å². The number of rotatable bonds is 9. The van der Waals surface area contributed by atoms with Crippen LogP contribution in [0.3, 0.4) is 0 Å². The van der Waals surface area contributed by atoms with Gasteiger partial charge in [-0.15, -0.1) is 0 Å². The molecule has 1 aliphatic rings. The van der Waals surface area contributed by atoms with Gasteiger partial charge in [-0.1, -0.05) is 41.5 Å². The molecule has 2 aromatic rings. The molecular formula is C26H39NO5SSi. The molecule has 0 radical (unpaired) electrons. The zero-order valence-corrected chi connectivity index (χ0v) is 23.5. The minimum atomic E-state index is -3.61. The molecule has 0 spiro atoms. The minimum absolute atomic E-state index is 0.269. The largest absolute Gasteiger partial charge is 0.540 e. The van der Waals surface area contributed by atoms with Gasteiger partial charge in [0.25, 0.3) is 8.32 Å².